The van der Waals surface area contributed by atoms with Crippen molar-refractivity contribution in [2.45, 2.75) is 6.92 Å². The Labute approximate surface area is 118 Å². The summed E-state index contributed by atoms with van der Waals surface area (Å²) in [5, 5.41) is 3.72. The Morgan fingerprint density at radius 1 is 1.28 bits per heavy atom. The van der Waals surface area contributed by atoms with E-state index in [9.17, 15) is 4.39 Å². The second kappa shape index (κ2) is 5.16. The zero-order chi connectivity index (χ0) is 13.3. The van der Waals surface area contributed by atoms with E-state index >= 15 is 0 Å². The van der Waals surface area contributed by atoms with Gasteiger partial charge >= 0.3 is 0 Å². The molecule has 0 radical (unpaired) electrons. The fraction of sp³-hybridized carbons (Fsp3) is 0.0769. The first kappa shape index (κ1) is 13.2. The quantitative estimate of drug-likeness (QED) is 0.771. The van der Waals surface area contributed by atoms with E-state index in [1.807, 2.05) is 25.1 Å². The lowest BCUT2D eigenvalue weighted by molar-refractivity contribution is 0.622. The van der Waals surface area contributed by atoms with Gasteiger partial charge in [0.15, 0.2) is 0 Å². The molecule has 0 aromatic heterocycles. The average molecular weight is 330 g/mol. The molecule has 0 bridgehead atoms. The molecule has 0 heterocycles. The average Bonchev–Trinajstić information content (AvgIpc) is 2.32. The van der Waals surface area contributed by atoms with Crippen LogP contribution in [-0.4, -0.2) is 0 Å². The molecule has 0 aliphatic heterocycles. The van der Waals surface area contributed by atoms with Crippen molar-refractivity contribution in [1.82, 2.24) is 0 Å². The zero-order valence-corrected chi connectivity index (χ0v) is 11.9. The summed E-state index contributed by atoms with van der Waals surface area (Å²) in [6.45, 7) is 1.91. The third kappa shape index (κ3) is 2.60. The number of aryl methyl sites for hydroxylation is 1. The summed E-state index contributed by atoms with van der Waals surface area (Å²) >= 11 is 9.30. The molecule has 94 valence electrons. The van der Waals surface area contributed by atoms with E-state index in [1.54, 1.807) is 6.07 Å². The monoisotopic (exact) mass is 328 g/mol. The first-order chi connectivity index (χ1) is 8.49. The Hall–Kier alpha value is -1.26. The maximum atomic E-state index is 13.3. The number of anilines is 3. The molecular weight excluding hydrogens is 319 g/mol. The summed E-state index contributed by atoms with van der Waals surface area (Å²) in [4.78, 5) is 0. The zero-order valence-electron chi connectivity index (χ0n) is 9.60. The topological polar surface area (TPSA) is 38.0 Å². The van der Waals surface area contributed by atoms with Gasteiger partial charge in [-0.2, -0.15) is 0 Å². The lowest BCUT2D eigenvalue weighted by Crippen LogP contribution is -1.98. The molecule has 5 heteroatoms. The van der Waals surface area contributed by atoms with Crippen molar-refractivity contribution < 1.29 is 4.39 Å². The predicted molar refractivity (Wildman–Crippen MR) is 78.0 cm³/mol. The number of nitrogens with two attached hydrogens (primary N) is 1. The van der Waals surface area contributed by atoms with Crippen molar-refractivity contribution in [3.05, 3.63) is 51.2 Å². The van der Waals surface area contributed by atoms with Crippen LogP contribution in [0.15, 0.2) is 34.8 Å². The van der Waals surface area contributed by atoms with E-state index in [2.05, 4.69) is 21.2 Å². The molecule has 0 saturated heterocycles. The Kier molecular flexibility index (Phi) is 3.78. The molecule has 2 aromatic rings. The van der Waals surface area contributed by atoms with Crippen LogP contribution in [0.4, 0.5) is 21.5 Å². The number of hydrogen-bond donors (Lipinski definition) is 2. The third-order valence-electron chi connectivity index (χ3n) is 2.55. The van der Waals surface area contributed by atoms with Crippen LogP contribution < -0.4 is 11.1 Å². The van der Waals surface area contributed by atoms with E-state index in [4.69, 9.17) is 17.3 Å². The summed E-state index contributed by atoms with van der Waals surface area (Å²) in [7, 11) is 0. The molecule has 0 aliphatic carbocycles. The minimum absolute atomic E-state index is 0.327. The van der Waals surface area contributed by atoms with Gasteiger partial charge in [-0.15, -0.1) is 0 Å². The van der Waals surface area contributed by atoms with E-state index in [-0.39, 0.29) is 0 Å². The van der Waals surface area contributed by atoms with Gasteiger partial charge in [-0.25, -0.2) is 4.39 Å². The fourth-order valence-electron chi connectivity index (χ4n) is 1.56. The highest BCUT2D eigenvalue weighted by molar-refractivity contribution is 9.10. The number of rotatable bonds is 2. The van der Waals surface area contributed by atoms with Crippen molar-refractivity contribution in [1.29, 1.82) is 0 Å². The van der Waals surface area contributed by atoms with E-state index in [0.29, 0.717) is 20.9 Å². The van der Waals surface area contributed by atoms with Crippen molar-refractivity contribution in [2.24, 2.45) is 0 Å². The molecule has 0 unspecified atom stereocenters. The van der Waals surface area contributed by atoms with Gasteiger partial charge in [0.05, 0.1) is 26.6 Å². The number of nitrogen functional groups attached to an aromatic ring is 1. The molecule has 0 amide bonds. The molecule has 3 N–H and O–H groups in total. The Morgan fingerprint density at radius 3 is 2.72 bits per heavy atom. The van der Waals surface area contributed by atoms with Crippen LogP contribution in [0.1, 0.15) is 5.56 Å². The summed E-state index contributed by atoms with van der Waals surface area (Å²) < 4.78 is 13.6. The number of halogens is 3. The first-order valence-electron chi connectivity index (χ1n) is 5.25. The SMILES string of the molecule is Cc1cccc(Nc2cc(Br)c(F)cc2N)c1Cl. The third-order valence-corrected chi connectivity index (χ3v) is 3.66. The molecular formula is C13H11BrClFN2. The minimum atomic E-state index is -0.395. The molecule has 2 nitrogen and oxygen atoms in total. The fourth-order valence-corrected chi connectivity index (χ4v) is 2.08. The van der Waals surface area contributed by atoms with Crippen molar-refractivity contribution in [3.63, 3.8) is 0 Å². The van der Waals surface area contributed by atoms with Gasteiger partial charge in [0.2, 0.25) is 0 Å². The molecule has 0 saturated carbocycles. The van der Waals surface area contributed by atoms with E-state index in [0.717, 1.165) is 11.3 Å². The van der Waals surface area contributed by atoms with Crippen molar-refractivity contribution in [2.75, 3.05) is 11.1 Å². The standard InChI is InChI=1S/C13H11BrClFN2/c1-7-3-2-4-11(13(7)15)18-12-5-8(14)9(16)6-10(12)17/h2-6,18H,17H2,1H3. The summed E-state index contributed by atoms with van der Waals surface area (Å²) in [6, 6.07) is 8.49. The molecule has 0 atom stereocenters. The summed E-state index contributed by atoms with van der Waals surface area (Å²) in [5.41, 5.74) is 8.39. The van der Waals surface area contributed by atoms with Gasteiger partial charge < -0.3 is 11.1 Å². The van der Waals surface area contributed by atoms with E-state index in [1.165, 1.54) is 6.07 Å². The normalized spacial score (nSPS) is 10.4. The number of benzene rings is 2. The lowest BCUT2D eigenvalue weighted by Gasteiger charge is -2.12. The lowest BCUT2D eigenvalue weighted by atomic mass is 10.2. The molecule has 2 rings (SSSR count). The number of nitrogens with one attached hydrogen (secondary N) is 1. The molecule has 18 heavy (non-hydrogen) atoms. The molecule has 2 aromatic carbocycles. The van der Waals surface area contributed by atoms with Gasteiger partial charge in [-0.05, 0) is 40.5 Å². The largest absolute Gasteiger partial charge is 0.397 e. The van der Waals surface area contributed by atoms with Crippen LogP contribution in [0.2, 0.25) is 5.02 Å². The molecule has 0 aliphatic rings. The Balaban J connectivity index is 2.40. The van der Waals surface area contributed by atoms with Crippen molar-refractivity contribution >= 4 is 44.6 Å². The van der Waals surface area contributed by atoms with Crippen LogP contribution in [0.5, 0.6) is 0 Å². The van der Waals surface area contributed by atoms with Crippen LogP contribution >= 0.6 is 27.5 Å². The van der Waals surface area contributed by atoms with Crippen LogP contribution in [-0.2, 0) is 0 Å². The summed E-state index contributed by atoms with van der Waals surface area (Å²) in [5.74, 6) is -0.395. The van der Waals surface area contributed by atoms with Crippen molar-refractivity contribution in [3.8, 4) is 0 Å². The smallest absolute Gasteiger partial charge is 0.139 e. The van der Waals surface area contributed by atoms with Gasteiger partial charge in [0.25, 0.3) is 0 Å². The van der Waals surface area contributed by atoms with Gasteiger partial charge in [-0.1, -0.05) is 23.7 Å². The number of hydrogen-bond acceptors (Lipinski definition) is 2. The van der Waals surface area contributed by atoms with Gasteiger partial charge in [-0.3, -0.25) is 0 Å². The minimum Gasteiger partial charge on any atom is -0.397 e. The maximum Gasteiger partial charge on any atom is 0.139 e. The predicted octanol–water partition coefficient (Wildman–Crippen LogP) is 4.88. The highest BCUT2D eigenvalue weighted by atomic mass is 79.9. The Morgan fingerprint density at radius 2 is 2.00 bits per heavy atom. The second-order valence-electron chi connectivity index (χ2n) is 3.92. The molecule has 0 fully saturated rings. The summed E-state index contributed by atoms with van der Waals surface area (Å²) in [6.07, 6.45) is 0. The van der Waals surface area contributed by atoms with Gasteiger partial charge in [0, 0.05) is 6.07 Å². The Bertz CT molecular complexity index is 602. The maximum absolute atomic E-state index is 13.3. The second-order valence-corrected chi connectivity index (χ2v) is 5.15. The van der Waals surface area contributed by atoms with Crippen LogP contribution in [0, 0.1) is 12.7 Å². The van der Waals surface area contributed by atoms with Crippen LogP contribution in [0.25, 0.3) is 0 Å². The molecule has 0 spiro atoms. The highest BCUT2D eigenvalue weighted by Crippen LogP contribution is 2.33. The van der Waals surface area contributed by atoms with Gasteiger partial charge in [0.1, 0.15) is 5.82 Å². The first-order valence-corrected chi connectivity index (χ1v) is 6.43. The highest BCUT2D eigenvalue weighted by Gasteiger charge is 2.08. The van der Waals surface area contributed by atoms with E-state index < -0.39 is 5.82 Å². The van der Waals surface area contributed by atoms with Crippen LogP contribution in [0.3, 0.4) is 0 Å².